The normalized spacial score (nSPS) is 16.7. The number of benzene rings is 1. The Bertz CT molecular complexity index is 760. The molecule has 0 radical (unpaired) electrons. The first-order valence-corrected chi connectivity index (χ1v) is 9.60. The Kier molecular flexibility index (Phi) is 7.27. The van der Waals surface area contributed by atoms with Crippen LogP contribution < -0.4 is 10.1 Å². The molecule has 1 aliphatic heterocycles. The number of β-amino-alcohol motifs (C(OH)–C–C–N with tert-alkyl or cyclic N) is 1. The van der Waals surface area contributed by atoms with Crippen LogP contribution in [0.1, 0.15) is 5.76 Å². The average molecular weight is 409 g/mol. The van der Waals surface area contributed by atoms with Crippen LogP contribution in [0.5, 0.6) is 5.75 Å². The third-order valence-corrected chi connectivity index (χ3v) is 4.70. The number of aliphatic hydroxyl groups is 1. The molecule has 1 aliphatic rings. The molecular formula is C19H25ClN4O4. The lowest BCUT2D eigenvalue weighted by Crippen LogP contribution is -2.50. The number of amides is 1. The summed E-state index contributed by atoms with van der Waals surface area (Å²) in [7, 11) is 0. The molecule has 0 aliphatic carbocycles. The van der Waals surface area contributed by atoms with Gasteiger partial charge in [0.2, 0.25) is 5.91 Å². The van der Waals surface area contributed by atoms with Crippen LogP contribution in [0.25, 0.3) is 0 Å². The molecule has 1 saturated heterocycles. The van der Waals surface area contributed by atoms with Crippen molar-refractivity contribution >= 4 is 23.3 Å². The largest absolute Gasteiger partial charge is 0.491 e. The molecule has 9 heteroatoms. The van der Waals surface area contributed by atoms with Gasteiger partial charge in [-0.1, -0.05) is 16.8 Å². The van der Waals surface area contributed by atoms with Crippen molar-refractivity contribution < 1.29 is 19.2 Å². The first-order chi connectivity index (χ1) is 13.5. The predicted octanol–water partition coefficient (Wildman–Crippen LogP) is 1.63. The summed E-state index contributed by atoms with van der Waals surface area (Å²) in [6.45, 7) is 5.93. The fourth-order valence-electron chi connectivity index (χ4n) is 3.01. The molecule has 1 aromatic carbocycles. The van der Waals surface area contributed by atoms with Crippen LogP contribution in [0.3, 0.4) is 0 Å². The Balaban J connectivity index is 1.33. The van der Waals surface area contributed by atoms with Gasteiger partial charge in [0, 0.05) is 43.8 Å². The highest BCUT2D eigenvalue weighted by Crippen LogP contribution is 2.16. The van der Waals surface area contributed by atoms with Crippen molar-refractivity contribution in [2.24, 2.45) is 0 Å². The minimum absolute atomic E-state index is 0.113. The van der Waals surface area contributed by atoms with Gasteiger partial charge in [-0.15, -0.1) is 0 Å². The lowest BCUT2D eigenvalue weighted by molar-refractivity contribution is -0.117. The van der Waals surface area contributed by atoms with Gasteiger partial charge < -0.3 is 19.7 Å². The predicted molar refractivity (Wildman–Crippen MR) is 106 cm³/mol. The van der Waals surface area contributed by atoms with E-state index >= 15 is 0 Å². The fourth-order valence-corrected chi connectivity index (χ4v) is 3.14. The summed E-state index contributed by atoms with van der Waals surface area (Å²) < 4.78 is 10.5. The van der Waals surface area contributed by atoms with Crippen LogP contribution in [-0.4, -0.2) is 77.9 Å². The molecule has 3 rings (SSSR count). The third-order valence-electron chi connectivity index (χ3n) is 4.45. The summed E-state index contributed by atoms with van der Waals surface area (Å²) in [5.74, 6) is 1.66. The minimum atomic E-state index is -0.582. The number of carbonyl (C=O) groups excluding carboxylic acids is 1. The summed E-state index contributed by atoms with van der Waals surface area (Å²) in [4.78, 5) is 16.3. The third kappa shape index (κ3) is 6.49. The molecule has 1 fully saturated rings. The van der Waals surface area contributed by atoms with Gasteiger partial charge in [0.25, 0.3) is 0 Å². The maximum absolute atomic E-state index is 12.1. The number of rotatable bonds is 8. The van der Waals surface area contributed by atoms with Crippen molar-refractivity contribution in [1.82, 2.24) is 15.0 Å². The van der Waals surface area contributed by atoms with E-state index in [-0.39, 0.29) is 12.5 Å². The number of piperazine rings is 1. The van der Waals surface area contributed by atoms with E-state index in [0.29, 0.717) is 35.4 Å². The molecule has 0 bridgehead atoms. The molecule has 1 atom stereocenters. The van der Waals surface area contributed by atoms with Gasteiger partial charge in [0.05, 0.1) is 6.54 Å². The zero-order valence-corrected chi connectivity index (χ0v) is 16.6. The second-order valence-electron chi connectivity index (χ2n) is 6.87. The number of aliphatic hydroxyl groups excluding tert-OH is 1. The van der Waals surface area contributed by atoms with Gasteiger partial charge in [-0.2, -0.15) is 0 Å². The maximum Gasteiger partial charge on any atom is 0.239 e. The van der Waals surface area contributed by atoms with E-state index in [9.17, 15) is 9.90 Å². The number of aromatic nitrogens is 1. The second-order valence-corrected chi connectivity index (χ2v) is 7.30. The average Bonchev–Trinajstić information content (AvgIpc) is 3.07. The molecule has 152 valence electrons. The monoisotopic (exact) mass is 408 g/mol. The topological polar surface area (TPSA) is 91.1 Å². The quantitative estimate of drug-likeness (QED) is 0.686. The zero-order chi connectivity index (χ0) is 19.9. The molecule has 2 heterocycles. The number of hydrogen-bond donors (Lipinski definition) is 2. The Morgan fingerprint density at radius 3 is 2.61 bits per heavy atom. The first kappa shape index (κ1) is 20.6. The molecule has 1 aromatic heterocycles. The van der Waals surface area contributed by atoms with Gasteiger partial charge in [0.1, 0.15) is 24.2 Å². The highest BCUT2D eigenvalue weighted by atomic mass is 35.5. The molecule has 28 heavy (non-hydrogen) atoms. The van der Waals surface area contributed by atoms with Crippen LogP contribution in [0.4, 0.5) is 5.82 Å². The number of anilines is 1. The summed E-state index contributed by atoms with van der Waals surface area (Å²) in [6.07, 6.45) is -0.582. The maximum atomic E-state index is 12.1. The Labute approximate surface area is 169 Å². The molecule has 0 saturated carbocycles. The summed E-state index contributed by atoms with van der Waals surface area (Å²) in [6, 6.07) is 8.74. The van der Waals surface area contributed by atoms with Gasteiger partial charge in [-0.25, -0.2) is 0 Å². The number of nitrogens with one attached hydrogen (secondary N) is 1. The van der Waals surface area contributed by atoms with Gasteiger partial charge in [0.15, 0.2) is 5.82 Å². The van der Waals surface area contributed by atoms with E-state index in [2.05, 4.69) is 20.3 Å². The first-order valence-electron chi connectivity index (χ1n) is 9.22. The smallest absolute Gasteiger partial charge is 0.239 e. The Morgan fingerprint density at radius 2 is 1.96 bits per heavy atom. The number of halogens is 1. The number of hydrogen-bond acceptors (Lipinski definition) is 7. The van der Waals surface area contributed by atoms with Crippen molar-refractivity contribution in [3.8, 4) is 5.75 Å². The lowest BCUT2D eigenvalue weighted by Gasteiger charge is -2.35. The standard InChI is InChI=1S/C19H25ClN4O4/c1-14-10-18(22-28-14)21-19(26)12-24-8-6-23(7-9-24)11-16(25)13-27-17-4-2-15(20)3-5-17/h2-5,10,16,25H,6-9,11-13H2,1H3,(H,21,22,26). The van der Waals surface area contributed by atoms with Gasteiger partial charge in [-0.3, -0.25) is 14.6 Å². The number of nitrogens with zero attached hydrogens (tertiary/aromatic N) is 3. The molecule has 8 nitrogen and oxygen atoms in total. The van der Waals surface area contributed by atoms with E-state index in [4.69, 9.17) is 20.9 Å². The number of ether oxygens (including phenoxy) is 1. The zero-order valence-electron chi connectivity index (χ0n) is 15.8. The fraction of sp³-hybridized carbons (Fsp3) is 0.474. The molecule has 2 N–H and O–H groups in total. The van der Waals surface area contributed by atoms with Crippen LogP contribution in [-0.2, 0) is 4.79 Å². The molecule has 0 spiro atoms. The second kappa shape index (κ2) is 9.88. The van der Waals surface area contributed by atoms with Crippen molar-refractivity contribution in [3.05, 3.63) is 41.1 Å². The van der Waals surface area contributed by atoms with Crippen molar-refractivity contribution in [1.29, 1.82) is 0 Å². The van der Waals surface area contributed by atoms with Crippen molar-refractivity contribution in [2.45, 2.75) is 13.0 Å². The molecule has 1 unspecified atom stereocenters. The van der Waals surface area contributed by atoms with Crippen LogP contribution in [0.15, 0.2) is 34.9 Å². The molecular weight excluding hydrogens is 384 g/mol. The van der Waals surface area contributed by atoms with E-state index in [1.807, 2.05) is 0 Å². The SMILES string of the molecule is Cc1cc(NC(=O)CN2CCN(CC(O)COc3ccc(Cl)cc3)CC2)no1. The van der Waals surface area contributed by atoms with Gasteiger partial charge >= 0.3 is 0 Å². The van der Waals surface area contributed by atoms with Crippen LogP contribution >= 0.6 is 11.6 Å². The van der Waals surface area contributed by atoms with E-state index < -0.39 is 6.10 Å². The van der Waals surface area contributed by atoms with E-state index in [1.165, 1.54) is 0 Å². The summed E-state index contributed by atoms with van der Waals surface area (Å²) >= 11 is 5.84. The minimum Gasteiger partial charge on any atom is -0.491 e. The highest BCUT2D eigenvalue weighted by Gasteiger charge is 2.21. The van der Waals surface area contributed by atoms with Crippen LogP contribution in [0.2, 0.25) is 5.02 Å². The van der Waals surface area contributed by atoms with Crippen molar-refractivity contribution in [2.75, 3.05) is 51.2 Å². The lowest BCUT2D eigenvalue weighted by atomic mass is 10.2. The highest BCUT2D eigenvalue weighted by molar-refractivity contribution is 6.30. The Morgan fingerprint density at radius 1 is 1.29 bits per heavy atom. The van der Waals surface area contributed by atoms with Crippen molar-refractivity contribution in [3.63, 3.8) is 0 Å². The van der Waals surface area contributed by atoms with Crippen LogP contribution in [0, 0.1) is 6.92 Å². The number of carbonyl (C=O) groups is 1. The molecule has 2 aromatic rings. The Hall–Kier alpha value is -2.13. The summed E-state index contributed by atoms with van der Waals surface area (Å²) in [5.41, 5.74) is 0. The number of aryl methyl sites for hydroxylation is 1. The molecule has 1 amide bonds. The van der Waals surface area contributed by atoms with E-state index in [0.717, 1.165) is 26.2 Å². The van der Waals surface area contributed by atoms with Gasteiger partial charge in [-0.05, 0) is 31.2 Å². The van der Waals surface area contributed by atoms with E-state index in [1.54, 1.807) is 37.3 Å². The summed E-state index contributed by atoms with van der Waals surface area (Å²) in [5, 5.41) is 17.3.